The van der Waals surface area contributed by atoms with Crippen LogP contribution in [0.15, 0.2) is 23.2 Å². The summed E-state index contributed by atoms with van der Waals surface area (Å²) in [6.07, 6.45) is 4.53. The van der Waals surface area contributed by atoms with Crippen molar-refractivity contribution in [3.8, 4) is 11.5 Å². The van der Waals surface area contributed by atoms with E-state index in [1.165, 1.54) is 18.4 Å². The number of guanidine groups is 1. The summed E-state index contributed by atoms with van der Waals surface area (Å²) < 4.78 is 10.7. The van der Waals surface area contributed by atoms with Gasteiger partial charge in [0.05, 0.1) is 14.2 Å². The van der Waals surface area contributed by atoms with Gasteiger partial charge in [0.1, 0.15) is 0 Å². The SMILES string of the molecule is CCNC(=NCCCc1ccc(OC)c(OC)c1)N1CCC(C)CC1.I. The predicted molar refractivity (Wildman–Crippen MR) is 119 cm³/mol. The van der Waals surface area contributed by atoms with Crippen molar-refractivity contribution in [2.24, 2.45) is 10.9 Å². The molecule has 2 rings (SSSR count). The molecule has 1 aliphatic heterocycles. The van der Waals surface area contributed by atoms with Crippen molar-refractivity contribution in [2.45, 2.75) is 39.5 Å². The number of methoxy groups -OCH3 is 2. The third-order valence-electron chi connectivity index (χ3n) is 4.75. The minimum Gasteiger partial charge on any atom is -0.493 e. The van der Waals surface area contributed by atoms with E-state index in [9.17, 15) is 0 Å². The van der Waals surface area contributed by atoms with Gasteiger partial charge in [0.2, 0.25) is 0 Å². The molecule has 5 nitrogen and oxygen atoms in total. The van der Waals surface area contributed by atoms with Crippen LogP contribution in [0.4, 0.5) is 0 Å². The lowest BCUT2D eigenvalue weighted by Gasteiger charge is -2.33. The maximum Gasteiger partial charge on any atom is 0.193 e. The van der Waals surface area contributed by atoms with Crippen LogP contribution in [-0.2, 0) is 6.42 Å². The van der Waals surface area contributed by atoms with E-state index in [2.05, 4.69) is 36.2 Å². The van der Waals surface area contributed by atoms with Gasteiger partial charge in [-0.2, -0.15) is 0 Å². The summed E-state index contributed by atoms with van der Waals surface area (Å²) in [6, 6.07) is 6.12. The Morgan fingerprint density at radius 1 is 1.19 bits per heavy atom. The molecule has 0 aromatic heterocycles. The molecule has 0 unspecified atom stereocenters. The number of rotatable bonds is 7. The summed E-state index contributed by atoms with van der Waals surface area (Å²) in [5.41, 5.74) is 1.25. The van der Waals surface area contributed by atoms with Crippen LogP contribution in [0.5, 0.6) is 11.5 Å². The first-order valence-electron chi connectivity index (χ1n) is 9.42. The number of likely N-dealkylation sites (tertiary alicyclic amines) is 1. The second-order valence-electron chi connectivity index (χ2n) is 6.70. The minimum absolute atomic E-state index is 0. The summed E-state index contributed by atoms with van der Waals surface area (Å²) in [7, 11) is 3.34. The zero-order chi connectivity index (χ0) is 18.1. The summed E-state index contributed by atoms with van der Waals surface area (Å²) in [4.78, 5) is 7.23. The average molecular weight is 475 g/mol. The fourth-order valence-electron chi connectivity index (χ4n) is 3.15. The Labute approximate surface area is 175 Å². The smallest absolute Gasteiger partial charge is 0.193 e. The first kappa shape index (κ1) is 22.9. The van der Waals surface area contributed by atoms with Crippen LogP contribution in [0.2, 0.25) is 0 Å². The van der Waals surface area contributed by atoms with Crippen LogP contribution in [0, 0.1) is 5.92 Å². The first-order valence-corrected chi connectivity index (χ1v) is 9.42. The van der Waals surface area contributed by atoms with Crippen molar-refractivity contribution in [2.75, 3.05) is 40.4 Å². The normalized spacial score (nSPS) is 15.4. The van der Waals surface area contributed by atoms with Crippen molar-refractivity contribution in [1.29, 1.82) is 0 Å². The lowest BCUT2D eigenvalue weighted by molar-refractivity contribution is 0.273. The van der Waals surface area contributed by atoms with E-state index in [0.717, 1.165) is 62.4 Å². The second kappa shape index (κ2) is 12.3. The zero-order valence-corrected chi connectivity index (χ0v) is 18.9. The molecule has 148 valence electrons. The van der Waals surface area contributed by atoms with Crippen LogP contribution in [0.3, 0.4) is 0 Å². The highest BCUT2D eigenvalue weighted by atomic mass is 127. The third kappa shape index (κ3) is 6.85. The van der Waals surface area contributed by atoms with Crippen LogP contribution in [0.1, 0.15) is 38.7 Å². The molecular weight excluding hydrogens is 441 g/mol. The fourth-order valence-corrected chi connectivity index (χ4v) is 3.15. The quantitative estimate of drug-likeness (QED) is 0.281. The molecular formula is C20H34IN3O2. The maximum atomic E-state index is 5.37. The van der Waals surface area contributed by atoms with Gasteiger partial charge in [-0.05, 0) is 56.2 Å². The average Bonchev–Trinajstić information content (AvgIpc) is 2.64. The highest BCUT2D eigenvalue weighted by molar-refractivity contribution is 14.0. The van der Waals surface area contributed by atoms with E-state index in [-0.39, 0.29) is 24.0 Å². The second-order valence-corrected chi connectivity index (χ2v) is 6.70. The molecule has 1 aliphatic rings. The van der Waals surface area contributed by atoms with E-state index in [1.807, 2.05) is 6.07 Å². The molecule has 6 heteroatoms. The summed E-state index contributed by atoms with van der Waals surface area (Å²) in [5, 5.41) is 3.44. The number of aliphatic imine (C=N–C) groups is 1. The maximum absolute atomic E-state index is 5.37. The van der Waals surface area contributed by atoms with E-state index in [1.54, 1.807) is 14.2 Å². The molecule has 1 aromatic rings. The Kier molecular flexibility index (Phi) is 10.8. The molecule has 1 aromatic carbocycles. The Hall–Kier alpha value is -1.18. The van der Waals surface area contributed by atoms with E-state index >= 15 is 0 Å². The van der Waals surface area contributed by atoms with Gasteiger partial charge in [-0.15, -0.1) is 24.0 Å². The lowest BCUT2D eigenvalue weighted by Crippen LogP contribution is -2.45. The topological polar surface area (TPSA) is 46.1 Å². The molecule has 0 amide bonds. The van der Waals surface area contributed by atoms with Gasteiger partial charge in [0, 0.05) is 26.2 Å². The highest BCUT2D eigenvalue weighted by Gasteiger charge is 2.18. The number of halogens is 1. The molecule has 1 fully saturated rings. The minimum atomic E-state index is 0. The number of aryl methyl sites for hydroxylation is 1. The van der Waals surface area contributed by atoms with Crippen molar-refractivity contribution in [3.63, 3.8) is 0 Å². The van der Waals surface area contributed by atoms with Crippen molar-refractivity contribution >= 4 is 29.9 Å². The van der Waals surface area contributed by atoms with Crippen molar-refractivity contribution in [1.82, 2.24) is 10.2 Å². The van der Waals surface area contributed by atoms with Crippen LogP contribution < -0.4 is 14.8 Å². The highest BCUT2D eigenvalue weighted by Crippen LogP contribution is 2.27. The molecule has 26 heavy (non-hydrogen) atoms. The largest absolute Gasteiger partial charge is 0.493 e. The molecule has 0 atom stereocenters. The molecule has 0 saturated carbocycles. The number of piperidine rings is 1. The van der Waals surface area contributed by atoms with Crippen LogP contribution in [-0.4, -0.2) is 51.3 Å². The van der Waals surface area contributed by atoms with E-state index < -0.39 is 0 Å². The van der Waals surface area contributed by atoms with E-state index in [0.29, 0.717) is 0 Å². The monoisotopic (exact) mass is 475 g/mol. The fraction of sp³-hybridized carbons (Fsp3) is 0.650. The molecule has 0 spiro atoms. The number of benzene rings is 1. The Morgan fingerprint density at radius 2 is 1.88 bits per heavy atom. The van der Waals surface area contributed by atoms with Crippen molar-refractivity contribution < 1.29 is 9.47 Å². The standard InChI is InChI=1S/C20H33N3O2.HI/c1-5-21-20(23-13-10-16(2)11-14-23)22-12-6-7-17-8-9-18(24-3)19(15-17)25-4;/h8-9,15-16H,5-7,10-14H2,1-4H3,(H,21,22);1H. The van der Waals surface area contributed by atoms with Gasteiger partial charge < -0.3 is 19.7 Å². The summed E-state index contributed by atoms with van der Waals surface area (Å²) in [5.74, 6) is 3.48. The number of hydrogen-bond donors (Lipinski definition) is 1. The lowest BCUT2D eigenvalue weighted by atomic mass is 10.00. The molecule has 1 heterocycles. The van der Waals surface area contributed by atoms with Crippen LogP contribution in [0.25, 0.3) is 0 Å². The van der Waals surface area contributed by atoms with Gasteiger partial charge in [-0.3, -0.25) is 4.99 Å². The number of nitrogens with zero attached hydrogens (tertiary/aromatic N) is 2. The predicted octanol–water partition coefficient (Wildman–Crippen LogP) is 3.95. The number of hydrogen-bond acceptors (Lipinski definition) is 3. The Morgan fingerprint density at radius 3 is 2.50 bits per heavy atom. The molecule has 0 aliphatic carbocycles. The Bertz CT molecular complexity index is 558. The molecule has 0 radical (unpaired) electrons. The van der Waals surface area contributed by atoms with Gasteiger partial charge in [0.25, 0.3) is 0 Å². The van der Waals surface area contributed by atoms with Crippen molar-refractivity contribution in [3.05, 3.63) is 23.8 Å². The zero-order valence-electron chi connectivity index (χ0n) is 16.6. The van der Waals surface area contributed by atoms with Gasteiger partial charge >= 0.3 is 0 Å². The summed E-state index contributed by atoms with van der Waals surface area (Å²) in [6.45, 7) is 8.45. The number of nitrogens with one attached hydrogen (secondary N) is 1. The van der Waals surface area contributed by atoms with Gasteiger partial charge in [-0.1, -0.05) is 13.0 Å². The Balaban J connectivity index is 0.00000338. The third-order valence-corrected chi connectivity index (χ3v) is 4.75. The first-order chi connectivity index (χ1) is 12.2. The molecule has 1 saturated heterocycles. The number of ether oxygens (including phenoxy) is 2. The van der Waals surface area contributed by atoms with Gasteiger partial charge in [0.15, 0.2) is 17.5 Å². The molecule has 0 bridgehead atoms. The van der Waals surface area contributed by atoms with Crippen LogP contribution >= 0.6 is 24.0 Å². The molecule has 1 N–H and O–H groups in total. The summed E-state index contributed by atoms with van der Waals surface area (Å²) >= 11 is 0. The van der Waals surface area contributed by atoms with Gasteiger partial charge in [-0.25, -0.2) is 0 Å². The van der Waals surface area contributed by atoms with E-state index in [4.69, 9.17) is 14.5 Å².